The first-order valence-electron chi connectivity index (χ1n) is 11.8. The van der Waals surface area contributed by atoms with Crippen LogP contribution in [0.25, 0.3) is 0 Å². The van der Waals surface area contributed by atoms with E-state index in [1.165, 1.54) is 5.01 Å². The van der Waals surface area contributed by atoms with Crippen molar-refractivity contribution in [2.45, 2.75) is 13.0 Å². The Morgan fingerprint density at radius 3 is 2.40 bits per heavy atom. The zero-order valence-electron chi connectivity index (χ0n) is 20.0. The van der Waals surface area contributed by atoms with Gasteiger partial charge in [0.25, 0.3) is 0 Å². The van der Waals surface area contributed by atoms with Crippen LogP contribution in [0, 0.1) is 0 Å². The number of carbonyl (C=O) groups is 2. The van der Waals surface area contributed by atoms with E-state index in [4.69, 9.17) is 11.5 Å². The number of allylic oxidation sites excluding steroid dienone is 2. The molecule has 0 unspecified atom stereocenters. The molecule has 1 heterocycles. The summed E-state index contributed by atoms with van der Waals surface area (Å²) in [6.45, 7) is 5.16. The average molecular weight is 480 g/mol. The predicted molar refractivity (Wildman–Crippen MR) is 135 cm³/mol. The maximum atomic E-state index is 13.4. The second-order valence-corrected chi connectivity index (χ2v) is 8.86. The maximum absolute atomic E-state index is 13.4. The summed E-state index contributed by atoms with van der Waals surface area (Å²) >= 11 is 0. The molecule has 0 atom stereocenters. The third-order valence-corrected chi connectivity index (χ3v) is 6.48. The number of hydrazine groups is 1. The van der Waals surface area contributed by atoms with E-state index in [1.807, 2.05) is 29.9 Å². The second-order valence-electron chi connectivity index (χ2n) is 8.86. The summed E-state index contributed by atoms with van der Waals surface area (Å²) in [5.41, 5.74) is 16.5. The minimum Gasteiger partial charge on any atom is -0.394 e. The molecule has 1 aliphatic heterocycles. The highest BCUT2D eigenvalue weighted by Gasteiger charge is 2.35. The number of rotatable bonds is 9. The number of hydrogen-bond donors (Lipinski definition) is 5. The van der Waals surface area contributed by atoms with E-state index >= 15 is 0 Å². The van der Waals surface area contributed by atoms with Crippen LogP contribution in [-0.2, 0) is 6.54 Å². The number of fused-ring (bicyclic) bond motifs is 1. The molecule has 1 fully saturated rings. The third-order valence-electron chi connectivity index (χ3n) is 6.48. The molecule has 0 saturated carbocycles. The molecule has 2 aromatic carbocycles. The smallest absolute Gasteiger partial charge is 0.213 e. The van der Waals surface area contributed by atoms with Crippen molar-refractivity contribution in [3.05, 3.63) is 70.5 Å². The molecule has 0 amide bonds. The molecule has 1 saturated heterocycles. The Hall–Kier alpha value is -3.44. The molecule has 4 rings (SSSR count). The molecule has 7 N–H and O–H groups in total. The Morgan fingerprint density at radius 1 is 1.03 bits per heavy atom. The lowest BCUT2D eigenvalue weighted by Crippen LogP contribution is -2.44. The van der Waals surface area contributed by atoms with Crippen LogP contribution in [0.1, 0.15) is 32.7 Å². The molecule has 2 aromatic rings. The van der Waals surface area contributed by atoms with Crippen LogP contribution in [0.5, 0.6) is 0 Å². The largest absolute Gasteiger partial charge is 0.394 e. The molecule has 0 aromatic heterocycles. The van der Waals surface area contributed by atoms with E-state index in [9.17, 15) is 14.8 Å². The molecule has 1 aliphatic carbocycles. The van der Waals surface area contributed by atoms with E-state index in [0.717, 1.165) is 43.9 Å². The fourth-order valence-electron chi connectivity index (χ4n) is 4.44. The van der Waals surface area contributed by atoms with Crippen LogP contribution in [-0.4, -0.2) is 73.0 Å². The van der Waals surface area contributed by atoms with Gasteiger partial charge in [-0.25, -0.2) is 0 Å². The van der Waals surface area contributed by atoms with Crippen LogP contribution in [0.3, 0.4) is 0 Å². The summed E-state index contributed by atoms with van der Waals surface area (Å²) in [6, 6.07) is 13.0. The summed E-state index contributed by atoms with van der Waals surface area (Å²) in [5, 5.41) is 14.2. The topological polar surface area (TPSA) is 140 Å². The number of benzene rings is 2. The number of piperazine rings is 1. The van der Waals surface area contributed by atoms with Crippen molar-refractivity contribution < 1.29 is 14.8 Å². The van der Waals surface area contributed by atoms with Gasteiger partial charge in [-0.3, -0.25) is 19.8 Å². The van der Waals surface area contributed by atoms with Gasteiger partial charge in [-0.15, -0.1) is 5.59 Å². The van der Waals surface area contributed by atoms with Gasteiger partial charge in [-0.05, 0) is 43.8 Å². The van der Waals surface area contributed by atoms with Crippen molar-refractivity contribution in [2.75, 3.05) is 56.5 Å². The first-order valence-corrected chi connectivity index (χ1v) is 11.8. The number of hydrogen-bond acceptors (Lipinski definition) is 10. The summed E-state index contributed by atoms with van der Waals surface area (Å²) in [5.74, 6) is -0.897. The van der Waals surface area contributed by atoms with E-state index in [1.54, 1.807) is 18.2 Å². The summed E-state index contributed by atoms with van der Waals surface area (Å²) in [6.07, 6.45) is 0.720. The average Bonchev–Trinajstić information content (AvgIpc) is 2.88. The van der Waals surface area contributed by atoms with Crippen LogP contribution < -0.4 is 27.3 Å². The SMILES string of the molecule is CN1CCN(c2ccc(CN(NO)C3=C(N)C(=O)c4c(NCCCN)cccc4C3=O)cc2)CC1. The van der Waals surface area contributed by atoms with E-state index in [2.05, 4.69) is 22.2 Å². The van der Waals surface area contributed by atoms with Gasteiger partial charge in [0.15, 0.2) is 0 Å². The van der Waals surface area contributed by atoms with Gasteiger partial charge in [0.2, 0.25) is 11.6 Å². The molecule has 10 nitrogen and oxygen atoms in total. The molecule has 35 heavy (non-hydrogen) atoms. The predicted octanol–water partition coefficient (Wildman–Crippen LogP) is 1.14. The van der Waals surface area contributed by atoms with E-state index < -0.39 is 11.6 Å². The Morgan fingerprint density at radius 2 is 1.74 bits per heavy atom. The summed E-state index contributed by atoms with van der Waals surface area (Å²) < 4.78 is 0. The fourth-order valence-corrected chi connectivity index (χ4v) is 4.44. The molecule has 0 radical (unpaired) electrons. The zero-order chi connectivity index (χ0) is 24.9. The molecule has 0 bridgehead atoms. The minimum absolute atomic E-state index is 0.0766. The number of Topliss-reactive ketones (excluding diaryl/α,β-unsaturated/α-hetero) is 2. The molecule has 186 valence electrons. The number of likely N-dealkylation sites (N-methyl/N-ethyl adjacent to an activating group) is 1. The highest BCUT2D eigenvalue weighted by molar-refractivity contribution is 6.28. The first-order chi connectivity index (χ1) is 16.9. The van der Waals surface area contributed by atoms with Crippen molar-refractivity contribution in [3.8, 4) is 0 Å². The number of nitrogens with zero attached hydrogens (tertiary/aromatic N) is 3. The highest BCUT2D eigenvalue weighted by atomic mass is 16.5. The third kappa shape index (κ3) is 5.15. The monoisotopic (exact) mass is 479 g/mol. The highest BCUT2D eigenvalue weighted by Crippen LogP contribution is 2.31. The van der Waals surface area contributed by atoms with Gasteiger partial charge in [0, 0.05) is 49.7 Å². The van der Waals surface area contributed by atoms with Crippen LogP contribution in [0.2, 0.25) is 0 Å². The van der Waals surface area contributed by atoms with Crippen LogP contribution in [0.15, 0.2) is 53.9 Å². The normalized spacial score (nSPS) is 16.5. The molecular weight excluding hydrogens is 446 g/mol. The fraction of sp³-hybridized carbons (Fsp3) is 0.360. The lowest BCUT2D eigenvalue weighted by molar-refractivity contribution is -0.00173. The lowest BCUT2D eigenvalue weighted by Gasteiger charge is -2.34. The molecule has 0 spiro atoms. The van der Waals surface area contributed by atoms with Gasteiger partial charge >= 0.3 is 0 Å². The quantitative estimate of drug-likeness (QED) is 0.263. The van der Waals surface area contributed by atoms with Crippen molar-refractivity contribution >= 4 is 22.9 Å². The Kier molecular flexibility index (Phi) is 7.67. The molecule has 2 aliphatic rings. The zero-order valence-corrected chi connectivity index (χ0v) is 20.0. The van der Waals surface area contributed by atoms with Crippen LogP contribution in [0.4, 0.5) is 11.4 Å². The minimum atomic E-state index is -0.462. The van der Waals surface area contributed by atoms with Crippen molar-refractivity contribution in [3.63, 3.8) is 0 Å². The number of ketones is 2. The summed E-state index contributed by atoms with van der Waals surface area (Å²) in [7, 11) is 2.12. The van der Waals surface area contributed by atoms with Gasteiger partial charge in [0.05, 0.1) is 12.1 Å². The Balaban J connectivity index is 1.54. The van der Waals surface area contributed by atoms with Gasteiger partial charge in [0.1, 0.15) is 11.4 Å². The Labute approximate surface area is 205 Å². The van der Waals surface area contributed by atoms with E-state index in [-0.39, 0.29) is 29.1 Å². The van der Waals surface area contributed by atoms with Gasteiger partial charge in [-0.1, -0.05) is 24.3 Å². The van der Waals surface area contributed by atoms with Gasteiger partial charge in [-0.2, -0.15) is 0 Å². The maximum Gasteiger partial charge on any atom is 0.213 e. The number of nitrogens with one attached hydrogen (secondary N) is 2. The first kappa shape index (κ1) is 24.7. The molecule has 10 heteroatoms. The lowest BCUT2D eigenvalue weighted by atomic mass is 9.88. The molecular formula is C25H33N7O3. The van der Waals surface area contributed by atoms with Crippen LogP contribution >= 0.6 is 0 Å². The Bertz CT molecular complexity index is 1110. The standard InChI is InChI=1S/C25H33N7O3/c1-30-12-14-31(15-13-30)18-8-6-17(7-9-18)16-32(29-35)23-22(27)25(34)21-19(24(23)33)4-2-5-20(21)28-11-3-10-26/h2,4-9,28-29,35H,3,10-16,26-27H2,1H3. The van der Waals surface area contributed by atoms with Crippen molar-refractivity contribution in [2.24, 2.45) is 11.5 Å². The van der Waals surface area contributed by atoms with Crippen molar-refractivity contribution in [1.29, 1.82) is 0 Å². The van der Waals surface area contributed by atoms with E-state index in [0.29, 0.717) is 18.8 Å². The number of anilines is 2. The second kappa shape index (κ2) is 10.9. The number of carbonyl (C=O) groups excluding carboxylic acids is 2. The number of nitrogens with two attached hydrogens (primary N) is 2. The van der Waals surface area contributed by atoms with Crippen molar-refractivity contribution in [1.82, 2.24) is 15.5 Å². The summed E-state index contributed by atoms with van der Waals surface area (Å²) in [4.78, 5) is 31.2. The van der Waals surface area contributed by atoms with Gasteiger partial charge < -0.3 is 26.6 Å².